The molecule has 3 aromatic rings. The molecule has 3 heterocycles. The molecule has 2 N–H and O–H groups in total. The molecular formula is C24H28N6O4S. The van der Waals surface area contributed by atoms with Gasteiger partial charge in [0.2, 0.25) is 11.8 Å². The highest BCUT2D eigenvalue weighted by Crippen LogP contribution is 2.30. The number of carbonyl (C=O) groups is 2. The molecule has 0 atom stereocenters. The molecule has 1 saturated carbocycles. The van der Waals surface area contributed by atoms with Crippen molar-refractivity contribution < 1.29 is 14.3 Å². The Labute approximate surface area is 206 Å². The molecule has 11 heteroatoms. The monoisotopic (exact) mass is 496 g/mol. The number of nitrogens with one attached hydrogen (secondary N) is 2. The van der Waals surface area contributed by atoms with E-state index in [0.717, 1.165) is 36.4 Å². The number of hydrogen-bond acceptors (Lipinski definition) is 8. The first-order chi connectivity index (χ1) is 16.9. The van der Waals surface area contributed by atoms with Gasteiger partial charge in [0, 0.05) is 25.0 Å². The lowest BCUT2D eigenvalue weighted by atomic mass is 9.96. The third kappa shape index (κ3) is 5.14. The smallest absolute Gasteiger partial charge is 0.273 e. The van der Waals surface area contributed by atoms with Gasteiger partial charge < -0.3 is 20.3 Å². The van der Waals surface area contributed by atoms with E-state index in [-0.39, 0.29) is 29.8 Å². The van der Waals surface area contributed by atoms with Gasteiger partial charge in [-0.3, -0.25) is 19.0 Å². The normalized spacial score (nSPS) is 16.3. The molecule has 1 saturated heterocycles. The number of amides is 2. The van der Waals surface area contributed by atoms with Crippen LogP contribution in [0.3, 0.4) is 0 Å². The summed E-state index contributed by atoms with van der Waals surface area (Å²) in [5, 5.41) is 6.62. The fourth-order valence-electron chi connectivity index (χ4n) is 4.23. The topological polar surface area (TPSA) is 118 Å². The average molecular weight is 497 g/mol. The second-order valence-corrected chi connectivity index (χ2v) is 10.1. The lowest BCUT2D eigenvalue weighted by Crippen LogP contribution is -2.41. The lowest BCUT2D eigenvalue weighted by Gasteiger charge is -2.30. The molecule has 0 bridgehead atoms. The first kappa shape index (κ1) is 23.3. The van der Waals surface area contributed by atoms with Crippen molar-refractivity contribution in [2.24, 2.45) is 5.92 Å². The van der Waals surface area contributed by atoms with Gasteiger partial charge in [-0.2, -0.15) is 4.98 Å². The Balaban J connectivity index is 1.26. The number of thiazole rings is 1. The maximum absolute atomic E-state index is 13.1. The number of aryl methyl sites for hydroxylation is 1. The minimum absolute atomic E-state index is 0.0297. The molecule has 0 spiro atoms. The number of nitrogens with zero attached hydrogens (tertiary/aromatic N) is 4. The van der Waals surface area contributed by atoms with Gasteiger partial charge in [0.15, 0.2) is 10.8 Å². The highest BCUT2D eigenvalue weighted by molar-refractivity contribution is 7.22. The number of anilines is 2. The number of benzene rings is 1. The molecule has 1 aromatic carbocycles. The number of ether oxygens (including phenoxy) is 1. The zero-order chi connectivity index (χ0) is 24.5. The highest BCUT2D eigenvalue weighted by atomic mass is 32.1. The van der Waals surface area contributed by atoms with Crippen LogP contribution in [0.4, 0.5) is 10.8 Å². The fraction of sp³-hybridized carbons (Fsp3) is 0.458. The van der Waals surface area contributed by atoms with Crippen LogP contribution in [0.25, 0.3) is 10.3 Å². The molecule has 35 heavy (non-hydrogen) atoms. The number of aromatic nitrogens is 3. The number of rotatable bonds is 7. The number of carbonyl (C=O) groups excluding carboxylic acids is 2. The summed E-state index contributed by atoms with van der Waals surface area (Å²) in [5.41, 5.74) is 1.60. The van der Waals surface area contributed by atoms with Gasteiger partial charge in [-0.25, -0.2) is 4.98 Å². The minimum atomic E-state index is -0.353. The summed E-state index contributed by atoms with van der Waals surface area (Å²) in [6.45, 7) is 3.16. The van der Waals surface area contributed by atoms with E-state index in [1.807, 2.05) is 19.1 Å². The van der Waals surface area contributed by atoms with Crippen LogP contribution < -0.4 is 25.8 Å². The van der Waals surface area contributed by atoms with Crippen LogP contribution in [0.15, 0.2) is 29.3 Å². The van der Waals surface area contributed by atoms with Gasteiger partial charge in [0.1, 0.15) is 23.3 Å². The third-order valence-corrected chi connectivity index (χ3v) is 7.47. The molecule has 2 aliphatic rings. The predicted molar refractivity (Wildman–Crippen MR) is 134 cm³/mol. The van der Waals surface area contributed by atoms with Gasteiger partial charge in [0.25, 0.3) is 5.56 Å². The highest BCUT2D eigenvalue weighted by Gasteiger charge is 2.30. The molecule has 2 amide bonds. The summed E-state index contributed by atoms with van der Waals surface area (Å²) in [6, 6.07) is 5.86. The van der Waals surface area contributed by atoms with E-state index >= 15 is 0 Å². The third-order valence-electron chi connectivity index (χ3n) is 6.38. The Kier molecular flexibility index (Phi) is 6.42. The predicted octanol–water partition coefficient (Wildman–Crippen LogP) is 2.30. The van der Waals surface area contributed by atoms with E-state index in [0.29, 0.717) is 40.9 Å². The molecule has 0 radical (unpaired) electrons. The van der Waals surface area contributed by atoms with Crippen LogP contribution in [0.1, 0.15) is 31.2 Å². The molecule has 184 valence electrons. The van der Waals surface area contributed by atoms with Gasteiger partial charge >= 0.3 is 0 Å². The van der Waals surface area contributed by atoms with E-state index in [4.69, 9.17) is 4.74 Å². The standard InChI is InChI=1S/C24H28N6O4S/c1-14-3-6-18(34-2)17(11-14)27-19(31)12-30-13-25-21-20(23(30)33)35-24(28-21)29-9-7-15(8-10-29)22(32)26-16-4-5-16/h3,6,11,13,15-16H,4-5,7-10,12H2,1-2H3,(H,26,32)(H,27,31). The van der Waals surface area contributed by atoms with Crippen molar-refractivity contribution in [2.45, 2.75) is 45.2 Å². The van der Waals surface area contributed by atoms with Crippen molar-refractivity contribution in [2.75, 3.05) is 30.4 Å². The quantitative estimate of drug-likeness (QED) is 0.515. The van der Waals surface area contributed by atoms with Crippen molar-refractivity contribution in [1.29, 1.82) is 0 Å². The van der Waals surface area contributed by atoms with E-state index in [1.165, 1.54) is 29.3 Å². The summed E-state index contributed by atoms with van der Waals surface area (Å²) in [7, 11) is 1.54. The van der Waals surface area contributed by atoms with Crippen LogP contribution in [0, 0.1) is 12.8 Å². The molecule has 10 nitrogen and oxygen atoms in total. The van der Waals surface area contributed by atoms with Gasteiger partial charge in [0.05, 0.1) is 12.8 Å². The van der Waals surface area contributed by atoms with Gasteiger partial charge in [-0.1, -0.05) is 17.4 Å². The lowest BCUT2D eigenvalue weighted by molar-refractivity contribution is -0.125. The largest absolute Gasteiger partial charge is 0.495 e. The Hall–Kier alpha value is -3.47. The van der Waals surface area contributed by atoms with Crippen LogP contribution in [-0.2, 0) is 16.1 Å². The van der Waals surface area contributed by atoms with Gasteiger partial charge in [-0.05, 0) is 50.3 Å². The van der Waals surface area contributed by atoms with E-state index in [1.54, 1.807) is 6.07 Å². The summed E-state index contributed by atoms with van der Waals surface area (Å²) < 4.78 is 7.01. The maximum Gasteiger partial charge on any atom is 0.273 e. The van der Waals surface area contributed by atoms with Crippen molar-refractivity contribution >= 4 is 44.3 Å². The minimum Gasteiger partial charge on any atom is -0.495 e. The van der Waals surface area contributed by atoms with E-state index in [2.05, 4.69) is 25.5 Å². The molecule has 2 fully saturated rings. The number of piperidine rings is 1. The molecule has 5 rings (SSSR count). The summed E-state index contributed by atoms with van der Waals surface area (Å²) >= 11 is 1.28. The summed E-state index contributed by atoms with van der Waals surface area (Å²) in [6.07, 6.45) is 5.05. The zero-order valence-corrected chi connectivity index (χ0v) is 20.6. The maximum atomic E-state index is 13.1. The van der Waals surface area contributed by atoms with Gasteiger partial charge in [-0.15, -0.1) is 0 Å². The second-order valence-electron chi connectivity index (χ2n) is 9.12. The van der Waals surface area contributed by atoms with Crippen LogP contribution >= 0.6 is 11.3 Å². The van der Waals surface area contributed by atoms with E-state index < -0.39 is 0 Å². The first-order valence-electron chi connectivity index (χ1n) is 11.8. The van der Waals surface area contributed by atoms with Crippen molar-refractivity contribution in [3.8, 4) is 5.75 Å². The molecule has 1 aliphatic carbocycles. The number of fused-ring (bicyclic) bond motifs is 1. The average Bonchev–Trinajstić information content (AvgIpc) is 3.55. The Bertz CT molecular complexity index is 1320. The zero-order valence-electron chi connectivity index (χ0n) is 19.7. The number of methoxy groups -OCH3 is 1. The second kappa shape index (κ2) is 9.65. The summed E-state index contributed by atoms with van der Waals surface area (Å²) in [4.78, 5) is 49.0. The van der Waals surface area contributed by atoms with Crippen LogP contribution in [0.2, 0.25) is 0 Å². The molecule has 2 aromatic heterocycles. The molecule has 1 aliphatic heterocycles. The fourth-order valence-corrected chi connectivity index (χ4v) is 5.25. The van der Waals surface area contributed by atoms with E-state index in [9.17, 15) is 14.4 Å². The van der Waals surface area contributed by atoms with Crippen molar-refractivity contribution in [3.05, 3.63) is 40.4 Å². The SMILES string of the molecule is COc1ccc(C)cc1NC(=O)Cn1cnc2nc(N3CCC(C(=O)NC4CC4)CC3)sc2c1=O. The van der Waals surface area contributed by atoms with Crippen molar-refractivity contribution in [3.63, 3.8) is 0 Å². The van der Waals surface area contributed by atoms with Crippen molar-refractivity contribution in [1.82, 2.24) is 19.9 Å². The Morgan fingerprint density at radius 2 is 1.97 bits per heavy atom. The molecule has 0 unspecified atom stereocenters. The number of hydrogen-bond donors (Lipinski definition) is 2. The van der Waals surface area contributed by atoms with Crippen LogP contribution in [0.5, 0.6) is 5.75 Å². The van der Waals surface area contributed by atoms with Crippen LogP contribution in [-0.4, -0.2) is 52.6 Å². The Morgan fingerprint density at radius 1 is 1.20 bits per heavy atom. The summed E-state index contributed by atoms with van der Waals surface area (Å²) in [5.74, 6) is 0.379. The Morgan fingerprint density at radius 3 is 2.69 bits per heavy atom. The molecular weight excluding hydrogens is 468 g/mol. The first-order valence-corrected chi connectivity index (χ1v) is 12.6.